The van der Waals surface area contributed by atoms with E-state index in [1.54, 1.807) is 0 Å². The Morgan fingerprint density at radius 1 is 1.17 bits per heavy atom. The number of ether oxygens (including phenoxy) is 2. The molecular weight excluding hydrogens is 302 g/mol. The number of carbonyl (C=O) groups excluding carboxylic acids is 1. The number of carbonyl (C=O) groups is 1. The first-order chi connectivity index (χ1) is 11.7. The van der Waals surface area contributed by atoms with Crippen molar-refractivity contribution in [2.75, 3.05) is 20.3 Å². The summed E-state index contributed by atoms with van der Waals surface area (Å²) in [4.78, 5) is 14.3. The van der Waals surface area contributed by atoms with Crippen LogP contribution in [0.2, 0.25) is 0 Å². The molecule has 3 rings (SSSR count). The van der Waals surface area contributed by atoms with Gasteiger partial charge in [0.2, 0.25) is 0 Å². The number of hydrogen-bond acceptors (Lipinski definition) is 4. The summed E-state index contributed by atoms with van der Waals surface area (Å²) < 4.78 is 10.8. The molecule has 1 unspecified atom stereocenters. The minimum absolute atomic E-state index is 0.181. The summed E-state index contributed by atoms with van der Waals surface area (Å²) in [5.41, 5.74) is 3.67. The maximum absolute atomic E-state index is 12.2. The summed E-state index contributed by atoms with van der Waals surface area (Å²) in [6.45, 7) is 4.01. The van der Waals surface area contributed by atoms with Gasteiger partial charge in [-0.25, -0.2) is 0 Å². The van der Waals surface area contributed by atoms with E-state index < -0.39 is 0 Å². The van der Waals surface area contributed by atoms with E-state index in [0.29, 0.717) is 19.6 Å². The molecule has 24 heavy (non-hydrogen) atoms. The summed E-state index contributed by atoms with van der Waals surface area (Å²) in [7, 11) is 1.45. The highest BCUT2D eigenvalue weighted by Crippen LogP contribution is 2.24. The van der Waals surface area contributed by atoms with Gasteiger partial charge in [-0.1, -0.05) is 36.4 Å². The van der Waals surface area contributed by atoms with Gasteiger partial charge in [-0.05, 0) is 42.2 Å². The fraction of sp³-hybridized carbons (Fsp3) is 0.350. The monoisotopic (exact) mass is 325 g/mol. The first-order valence-corrected chi connectivity index (χ1v) is 8.25. The van der Waals surface area contributed by atoms with Gasteiger partial charge in [0.15, 0.2) is 0 Å². The zero-order chi connectivity index (χ0) is 16.9. The first kappa shape index (κ1) is 16.5. The topological polar surface area (TPSA) is 38.8 Å². The summed E-state index contributed by atoms with van der Waals surface area (Å²) in [5.74, 6) is 0.682. The van der Waals surface area contributed by atoms with Crippen molar-refractivity contribution in [1.82, 2.24) is 4.90 Å². The molecule has 1 heterocycles. The van der Waals surface area contributed by atoms with Crippen molar-refractivity contribution >= 4 is 5.97 Å². The third-order valence-electron chi connectivity index (χ3n) is 4.46. The van der Waals surface area contributed by atoms with E-state index in [0.717, 1.165) is 12.3 Å². The Morgan fingerprint density at radius 3 is 2.71 bits per heavy atom. The quantitative estimate of drug-likeness (QED) is 0.792. The molecule has 0 fully saturated rings. The van der Waals surface area contributed by atoms with E-state index in [1.807, 2.05) is 43.3 Å². The second-order valence-electron chi connectivity index (χ2n) is 6.15. The number of methoxy groups -OCH3 is 1. The number of nitrogens with zero attached hydrogens (tertiary/aromatic N) is 1. The molecule has 0 N–H and O–H groups in total. The predicted molar refractivity (Wildman–Crippen MR) is 93.0 cm³/mol. The second kappa shape index (κ2) is 7.49. The molecule has 126 valence electrons. The lowest BCUT2D eigenvalue weighted by Crippen LogP contribution is -2.47. The highest BCUT2D eigenvalue weighted by molar-refractivity contribution is 5.76. The Kier molecular flexibility index (Phi) is 5.16. The van der Waals surface area contributed by atoms with Crippen molar-refractivity contribution in [1.29, 1.82) is 0 Å². The van der Waals surface area contributed by atoms with E-state index >= 15 is 0 Å². The molecule has 0 aromatic heterocycles. The molecule has 1 atom stereocenters. The summed E-state index contributed by atoms with van der Waals surface area (Å²) in [6, 6.07) is 16.0. The zero-order valence-electron chi connectivity index (χ0n) is 14.2. The van der Waals surface area contributed by atoms with Gasteiger partial charge >= 0.3 is 5.97 Å². The average molecular weight is 325 g/mol. The van der Waals surface area contributed by atoms with Crippen LogP contribution in [0.15, 0.2) is 48.5 Å². The number of hydrogen-bond donors (Lipinski definition) is 0. The third kappa shape index (κ3) is 3.77. The van der Waals surface area contributed by atoms with Gasteiger partial charge in [-0.3, -0.25) is 9.69 Å². The largest absolute Gasteiger partial charge is 0.492 e. The number of rotatable bonds is 5. The molecule has 0 saturated carbocycles. The van der Waals surface area contributed by atoms with Crippen LogP contribution < -0.4 is 4.74 Å². The van der Waals surface area contributed by atoms with Crippen LogP contribution in [0, 0.1) is 6.92 Å². The van der Waals surface area contributed by atoms with Gasteiger partial charge in [-0.2, -0.15) is 0 Å². The molecule has 1 aliphatic rings. The van der Waals surface area contributed by atoms with Crippen LogP contribution in [0.4, 0.5) is 0 Å². The van der Waals surface area contributed by atoms with Crippen molar-refractivity contribution < 1.29 is 14.3 Å². The molecule has 4 nitrogen and oxygen atoms in total. The summed E-state index contributed by atoms with van der Waals surface area (Å²) >= 11 is 0. The van der Waals surface area contributed by atoms with Crippen LogP contribution in [0.25, 0.3) is 0 Å². The molecule has 1 aliphatic heterocycles. The second-order valence-corrected chi connectivity index (χ2v) is 6.15. The molecule has 4 heteroatoms. The maximum Gasteiger partial charge on any atom is 0.323 e. The van der Waals surface area contributed by atoms with Gasteiger partial charge < -0.3 is 9.47 Å². The molecule has 0 bridgehead atoms. The Bertz CT molecular complexity index is 714. The van der Waals surface area contributed by atoms with Gasteiger partial charge in [0.1, 0.15) is 18.4 Å². The molecule has 2 aromatic carbocycles. The average Bonchev–Trinajstić information content (AvgIpc) is 2.60. The van der Waals surface area contributed by atoms with Gasteiger partial charge in [-0.15, -0.1) is 0 Å². The minimum Gasteiger partial charge on any atom is -0.492 e. The van der Waals surface area contributed by atoms with Crippen molar-refractivity contribution in [3.8, 4) is 5.75 Å². The molecule has 2 aromatic rings. The highest BCUT2D eigenvalue weighted by atomic mass is 16.5. The van der Waals surface area contributed by atoms with E-state index in [-0.39, 0.29) is 12.0 Å². The van der Waals surface area contributed by atoms with Crippen molar-refractivity contribution in [2.24, 2.45) is 0 Å². The fourth-order valence-corrected chi connectivity index (χ4v) is 3.17. The van der Waals surface area contributed by atoms with Crippen LogP contribution in [0.3, 0.4) is 0 Å². The van der Waals surface area contributed by atoms with E-state index in [9.17, 15) is 4.79 Å². The smallest absolute Gasteiger partial charge is 0.323 e. The summed E-state index contributed by atoms with van der Waals surface area (Å²) in [5, 5.41) is 0. The molecule has 0 spiro atoms. The van der Waals surface area contributed by atoms with Crippen LogP contribution in [0.5, 0.6) is 5.75 Å². The predicted octanol–water partition coefficient (Wildman–Crippen LogP) is 2.97. The van der Waals surface area contributed by atoms with Gasteiger partial charge in [0.05, 0.1) is 7.11 Å². The van der Waals surface area contributed by atoms with Crippen LogP contribution >= 0.6 is 0 Å². The molecule has 0 aliphatic carbocycles. The number of aryl methyl sites for hydroxylation is 1. The van der Waals surface area contributed by atoms with E-state index in [1.165, 1.54) is 23.8 Å². The fourth-order valence-electron chi connectivity index (χ4n) is 3.17. The zero-order valence-corrected chi connectivity index (χ0v) is 14.2. The highest BCUT2D eigenvalue weighted by Gasteiger charge is 2.31. The maximum atomic E-state index is 12.2. The molecule has 0 amide bonds. The minimum atomic E-state index is -0.244. The number of benzene rings is 2. The van der Waals surface area contributed by atoms with E-state index in [4.69, 9.17) is 9.47 Å². The normalized spacial score (nSPS) is 17.2. The molecule has 0 saturated heterocycles. The first-order valence-electron chi connectivity index (χ1n) is 8.25. The molecule has 0 radical (unpaired) electrons. The third-order valence-corrected chi connectivity index (χ3v) is 4.46. The van der Waals surface area contributed by atoms with Crippen molar-refractivity contribution in [3.63, 3.8) is 0 Å². The van der Waals surface area contributed by atoms with E-state index in [2.05, 4.69) is 17.0 Å². The van der Waals surface area contributed by atoms with Crippen molar-refractivity contribution in [2.45, 2.75) is 25.9 Å². The van der Waals surface area contributed by atoms with Crippen LogP contribution in [-0.2, 0) is 22.5 Å². The van der Waals surface area contributed by atoms with Crippen LogP contribution in [-0.4, -0.2) is 37.2 Å². The standard InChI is InChI=1S/C20H23NO3/c1-15-6-5-9-18(12-15)24-11-10-21-14-17-8-4-3-7-16(17)13-19(21)20(22)23-2/h3-9,12,19H,10-11,13-14H2,1-2H3. The van der Waals surface area contributed by atoms with Crippen molar-refractivity contribution in [3.05, 3.63) is 65.2 Å². The number of fused-ring (bicyclic) bond motifs is 1. The Labute approximate surface area is 143 Å². The Balaban J connectivity index is 1.66. The lowest BCUT2D eigenvalue weighted by molar-refractivity contribution is -0.147. The Hall–Kier alpha value is -2.33. The number of esters is 1. The van der Waals surface area contributed by atoms with Crippen LogP contribution in [0.1, 0.15) is 16.7 Å². The lowest BCUT2D eigenvalue weighted by atomic mass is 9.94. The van der Waals surface area contributed by atoms with Gasteiger partial charge in [0, 0.05) is 13.1 Å². The summed E-state index contributed by atoms with van der Waals surface area (Å²) in [6.07, 6.45) is 0.688. The Morgan fingerprint density at radius 2 is 1.96 bits per heavy atom. The molecular formula is C20H23NO3. The SMILES string of the molecule is COC(=O)C1Cc2ccccc2CN1CCOc1cccc(C)c1. The van der Waals surface area contributed by atoms with Gasteiger partial charge in [0.25, 0.3) is 0 Å². The lowest BCUT2D eigenvalue weighted by Gasteiger charge is -2.34.